The number of hydrogen-bond donors (Lipinski definition) is 1. The second kappa shape index (κ2) is 8.15. The summed E-state index contributed by atoms with van der Waals surface area (Å²) in [4.78, 5) is 26.6. The molecule has 0 aliphatic rings. The number of nitrogens with zero attached hydrogens (tertiary/aromatic N) is 2. The molecular weight excluding hydrogens is 330 g/mol. The van der Waals surface area contributed by atoms with Crippen LogP contribution in [0.25, 0.3) is 0 Å². The van der Waals surface area contributed by atoms with Gasteiger partial charge in [0.2, 0.25) is 5.78 Å². The van der Waals surface area contributed by atoms with Crippen molar-refractivity contribution in [2.24, 2.45) is 5.73 Å². The number of ether oxygens (including phenoxy) is 1. The van der Waals surface area contributed by atoms with Gasteiger partial charge in [-0.1, -0.05) is 24.3 Å². The summed E-state index contributed by atoms with van der Waals surface area (Å²) in [6.07, 6.45) is 1.47. The number of nitrogens with two attached hydrogens (primary N) is 1. The van der Waals surface area contributed by atoms with E-state index < -0.39 is 17.0 Å². The molecule has 0 aromatic heterocycles. The van der Waals surface area contributed by atoms with Crippen molar-refractivity contribution in [1.29, 1.82) is 5.26 Å². The smallest absolute Gasteiger partial charge is 0.318 e. The van der Waals surface area contributed by atoms with Crippen LogP contribution in [0.3, 0.4) is 0 Å². The molecule has 0 saturated heterocycles. The summed E-state index contributed by atoms with van der Waals surface area (Å²) < 4.78 is 5.48. The maximum Gasteiger partial charge on any atom is 0.318 e. The van der Waals surface area contributed by atoms with Crippen molar-refractivity contribution >= 4 is 11.8 Å². The highest BCUT2D eigenvalue weighted by Gasteiger charge is 2.37. The van der Waals surface area contributed by atoms with E-state index in [1.807, 2.05) is 6.07 Å². The number of nitriles is 1. The molecular formula is C20H27N3O3. The van der Waals surface area contributed by atoms with Gasteiger partial charge in [0.1, 0.15) is 22.7 Å². The van der Waals surface area contributed by atoms with Crippen molar-refractivity contribution in [3.05, 3.63) is 47.2 Å². The fraction of sp³-hybridized carbons (Fsp3) is 0.450. The fourth-order valence-corrected chi connectivity index (χ4v) is 2.25. The summed E-state index contributed by atoms with van der Waals surface area (Å²) >= 11 is 0. The molecule has 0 aliphatic carbocycles. The third-order valence-electron chi connectivity index (χ3n) is 3.79. The van der Waals surface area contributed by atoms with E-state index in [2.05, 4.69) is 0 Å². The summed E-state index contributed by atoms with van der Waals surface area (Å²) in [5.41, 5.74) is 5.27. The van der Waals surface area contributed by atoms with Crippen molar-refractivity contribution in [2.75, 3.05) is 20.6 Å². The van der Waals surface area contributed by atoms with E-state index in [9.17, 15) is 9.59 Å². The van der Waals surface area contributed by atoms with E-state index >= 15 is 0 Å². The maximum absolute atomic E-state index is 12.6. The molecule has 0 fully saturated rings. The van der Waals surface area contributed by atoms with Crippen molar-refractivity contribution in [3.63, 3.8) is 0 Å². The molecule has 1 unspecified atom stereocenters. The molecule has 140 valence electrons. The summed E-state index contributed by atoms with van der Waals surface area (Å²) in [7, 11) is 3.47. The van der Waals surface area contributed by atoms with Crippen LogP contribution in [0.4, 0.5) is 0 Å². The first-order valence-electron chi connectivity index (χ1n) is 8.31. The zero-order valence-electron chi connectivity index (χ0n) is 16.3. The summed E-state index contributed by atoms with van der Waals surface area (Å²) in [5.74, 6) is -0.795. The van der Waals surface area contributed by atoms with E-state index in [4.69, 9.17) is 15.7 Å². The number of esters is 1. The highest BCUT2D eigenvalue weighted by atomic mass is 16.6. The summed E-state index contributed by atoms with van der Waals surface area (Å²) in [6, 6.07) is 8.45. The molecule has 0 saturated carbocycles. The van der Waals surface area contributed by atoms with Crippen LogP contribution in [-0.4, -0.2) is 42.9 Å². The predicted octanol–water partition coefficient (Wildman–Crippen LogP) is 2.40. The highest BCUT2D eigenvalue weighted by molar-refractivity contribution is 6.11. The summed E-state index contributed by atoms with van der Waals surface area (Å²) in [5, 5.41) is 9.17. The van der Waals surface area contributed by atoms with E-state index in [0.29, 0.717) is 11.1 Å². The Balaban J connectivity index is 3.17. The molecule has 0 heterocycles. The second-order valence-corrected chi connectivity index (χ2v) is 7.56. The van der Waals surface area contributed by atoms with Gasteiger partial charge in [-0.05, 0) is 33.3 Å². The molecule has 0 amide bonds. The largest absolute Gasteiger partial charge is 0.459 e. The van der Waals surface area contributed by atoms with Crippen LogP contribution in [0.15, 0.2) is 36.0 Å². The number of Topliss-reactive ketones (excluding diaryl/α,β-unsaturated/α-hetero) is 1. The lowest BCUT2D eigenvalue weighted by Gasteiger charge is -2.30. The zero-order chi connectivity index (χ0) is 20.1. The monoisotopic (exact) mass is 357 g/mol. The van der Waals surface area contributed by atoms with Gasteiger partial charge in [-0.3, -0.25) is 9.59 Å². The quantitative estimate of drug-likeness (QED) is 0.363. The molecule has 1 aromatic carbocycles. The molecule has 0 radical (unpaired) electrons. The molecule has 1 aromatic rings. The average Bonchev–Trinajstić information content (AvgIpc) is 2.56. The Morgan fingerprint density at radius 2 is 1.73 bits per heavy atom. The third kappa shape index (κ3) is 5.17. The number of benzene rings is 1. The summed E-state index contributed by atoms with van der Waals surface area (Å²) in [6.45, 7) is 7.17. The van der Waals surface area contributed by atoms with Crippen molar-refractivity contribution in [3.8, 4) is 6.07 Å². The Morgan fingerprint density at radius 3 is 2.12 bits per heavy atom. The lowest BCUT2D eigenvalue weighted by molar-refractivity contribution is -0.161. The number of hydrogen-bond acceptors (Lipinski definition) is 6. The van der Waals surface area contributed by atoms with Crippen LogP contribution in [0, 0.1) is 11.3 Å². The maximum atomic E-state index is 12.6. The molecule has 1 atom stereocenters. The van der Waals surface area contributed by atoms with Gasteiger partial charge in [0, 0.05) is 32.4 Å². The van der Waals surface area contributed by atoms with Crippen LogP contribution < -0.4 is 5.73 Å². The molecule has 26 heavy (non-hydrogen) atoms. The van der Waals surface area contributed by atoms with Gasteiger partial charge in [0.05, 0.1) is 0 Å². The van der Waals surface area contributed by atoms with Gasteiger partial charge >= 0.3 is 5.97 Å². The number of carbonyl (C=O) groups excluding carboxylic acids is 2. The Bertz CT molecular complexity index is 737. The van der Waals surface area contributed by atoms with Crippen molar-refractivity contribution in [1.82, 2.24) is 4.90 Å². The Labute approximate surface area is 155 Å². The number of rotatable bonds is 6. The van der Waals surface area contributed by atoms with Crippen molar-refractivity contribution in [2.45, 2.75) is 38.7 Å². The molecule has 6 nitrogen and oxygen atoms in total. The topological polar surface area (TPSA) is 96.4 Å². The molecule has 0 aliphatic heterocycles. The minimum atomic E-state index is -1.02. The number of ketones is 1. The normalized spacial score (nSPS) is 14.2. The Kier molecular flexibility index (Phi) is 6.71. The minimum Gasteiger partial charge on any atom is -0.459 e. The lowest BCUT2D eigenvalue weighted by atomic mass is 9.81. The predicted molar refractivity (Wildman–Crippen MR) is 100 cm³/mol. The third-order valence-corrected chi connectivity index (χ3v) is 3.79. The first kappa shape index (κ1) is 21.4. The molecule has 0 bridgehead atoms. The molecule has 6 heteroatoms. The van der Waals surface area contributed by atoms with E-state index in [-0.39, 0.29) is 17.9 Å². The Hall–Kier alpha value is -2.65. The van der Waals surface area contributed by atoms with Gasteiger partial charge in [0.25, 0.3) is 0 Å². The van der Waals surface area contributed by atoms with Gasteiger partial charge in [-0.2, -0.15) is 5.26 Å². The van der Waals surface area contributed by atoms with E-state index in [1.54, 1.807) is 71.0 Å². The molecule has 1 rings (SSSR count). The zero-order valence-corrected chi connectivity index (χ0v) is 16.3. The van der Waals surface area contributed by atoms with Crippen molar-refractivity contribution < 1.29 is 14.3 Å². The highest BCUT2D eigenvalue weighted by Crippen LogP contribution is 2.27. The number of allylic oxidation sites excluding steroid dienone is 1. The van der Waals surface area contributed by atoms with Crippen LogP contribution in [0.5, 0.6) is 0 Å². The van der Waals surface area contributed by atoms with Crippen LogP contribution in [0.1, 0.15) is 43.6 Å². The minimum absolute atomic E-state index is 0.0384. The van der Waals surface area contributed by atoms with Gasteiger partial charge in [-0.15, -0.1) is 0 Å². The SMILES string of the molecule is CN(C)C=C(C#N)C(=O)c1ccc(C(C)(CN)C(=O)OC(C)(C)C)cc1. The van der Waals surface area contributed by atoms with Gasteiger partial charge in [0.15, 0.2) is 0 Å². The van der Waals surface area contributed by atoms with E-state index in [0.717, 1.165) is 0 Å². The van der Waals surface area contributed by atoms with Crippen LogP contribution in [0.2, 0.25) is 0 Å². The molecule has 0 spiro atoms. The first-order chi connectivity index (χ1) is 11.9. The first-order valence-corrected chi connectivity index (χ1v) is 8.31. The van der Waals surface area contributed by atoms with Gasteiger partial charge in [-0.25, -0.2) is 0 Å². The number of carbonyl (C=O) groups is 2. The van der Waals surface area contributed by atoms with Gasteiger partial charge < -0.3 is 15.4 Å². The second-order valence-electron chi connectivity index (χ2n) is 7.56. The van der Waals surface area contributed by atoms with Crippen LogP contribution in [-0.2, 0) is 14.9 Å². The molecule has 2 N–H and O–H groups in total. The lowest BCUT2D eigenvalue weighted by Crippen LogP contribution is -2.44. The van der Waals surface area contributed by atoms with E-state index in [1.165, 1.54) is 6.20 Å². The Morgan fingerprint density at radius 1 is 1.19 bits per heavy atom. The fourth-order valence-electron chi connectivity index (χ4n) is 2.25. The average molecular weight is 357 g/mol. The van der Waals surface area contributed by atoms with Crippen LogP contribution >= 0.6 is 0 Å². The standard InChI is InChI=1S/C20H27N3O3/c1-19(2,3)26-18(25)20(4,13-22)16-9-7-14(8-10-16)17(24)15(11-21)12-23(5)6/h7-10,12H,13,22H2,1-6H3.